The van der Waals surface area contributed by atoms with Gasteiger partial charge in [-0.2, -0.15) is 0 Å². The summed E-state index contributed by atoms with van der Waals surface area (Å²) in [6.45, 7) is 24.0. The van der Waals surface area contributed by atoms with Gasteiger partial charge < -0.3 is 0 Å². The molecule has 0 amide bonds. The molecule has 3 aliphatic rings. The average molecular weight is 946 g/mol. The Morgan fingerprint density at radius 3 is 0.657 bits per heavy atom. The lowest BCUT2D eigenvalue weighted by Gasteiger charge is -2.26. The number of ketones is 1. The fourth-order valence-corrected chi connectivity index (χ4v) is 10.4. The molecule has 0 N–H and O–H groups in total. The van der Waals surface area contributed by atoms with Crippen LogP contribution in [0.4, 0.5) is 0 Å². The summed E-state index contributed by atoms with van der Waals surface area (Å²) in [5, 5.41) is 0. The highest BCUT2D eigenvalue weighted by Crippen LogP contribution is 2.45. The lowest BCUT2D eigenvalue weighted by Crippen LogP contribution is -2.12. The molecule has 3 aliphatic carbocycles. The zero-order valence-corrected chi connectivity index (χ0v) is 46.6. The maximum atomic E-state index is 12.0. The minimum atomic E-state index is 0.327. The maximum Gasteiger partial charge on any atom is 0.133 e. The summed E-state index contributed by atoms with van der Waals surface area (Å²) in [4.78, 5) is 12.0. The fraction of sp³-hybridized carbons (Fsp3) is 0.464. The lowest BCUT2D eigenvalue weighted by atomic mass is 9.78. The van der Waals surface area contributed by atoms with E-state index in [1.54, 1.807) is 0 Å². The van der Waals surface area contributed by atoms with Crippen LogP contribution in [0.25, 0.3) is 0 Å². The van der Waals surface area contributed by atoms with Crippen LogP contribution >= 0.6 is 0 Å². The van der Waals surface area contributed by atoms with E-state index in [0.717, 1.165) is 19.3 Å². The van der Waals surface area contributed by atoms with E-state index in [1.165, 1.54) is 97.6 Å². The molecule has 0 saturated heterocycles. The average Bonchev–Trinajstić information content (AvgIpc) is 3.97. The number of carbonyl (C=O) groups is 1. The molecule has 3 fully saturated rings. The van der Waals surface area contributed by atoms with Crippen molar-refractivity contribution < 1.29 is 4.79 Å². The molecular formula is C69H100O. The maximum absolute atomic E-state index is 12.0. The van der Waals surface area contributed by atoms with Gasteiger partial charge in [0.1, 0.15) is 5.78 Å². The third-order valence-electron chi connectivity index (χ3n) is 13.3. The number of benzene rings is 6. The molecule has 6 unspecified atom stereocenters. The van der Waals surface area contributed by atoms with Crippen LogP contribution in [0.1, 0.15) is 242 Å². The topological polar surface area (TPSA) is 17.1 Å². The number of hydrogen-bond donors (Lipinski definition) is 0. The second kappa shape index (κ2) is 41.7. The minimum Gasteiger partial charge on any atom is -0.300 e. The summed E-state index contributed by atoms with van der Waals surface area (Å²) in [5.41, 5.74) is 8.78. The van der Waals surface area contributed by atoms with Crippen LogP contribution in [0.15, 0.2) is 182 Å². The van der Waals surface area contributed by atoms with Gasteiger partial charge in [0.05, 0.1) is 0 Å². The predicted molar refractivity (Wildman–Crippen MR) is 313 cm³/mol. The van der Waals surface area contributed by atoms with E-state index in [1.807, 2.05) is 89.2 Å². The second-order valence-electron chi connectivity index (χ2n) is 17.0. The molecule has 0 spiro atoms. The predicted octanol–water partition coefficient (Wildman–Crippen LogP) is 21.9. The molecule has 6 atom stereocenters. The Balaban J connectivity index is 0.000000473. The van der Waals surface area contributed by atoms with Gasteiger partial charge in [0, 0.05) is 12.8 Å². The van der Waals surface area contributed by atoms with Crippen molar-refractivity contribution in [1.82, 2.24) is 0 Å². The first-order chi connectivity index (χ1) is 34.7. The summed E-state index contributed by atoms with van der Waals surface area (Å²) in [6.07, 6.45) is 17.2. The molecular weight excluding hydrogens is 845 g/mol. The highest BCUT2D eigenvalue weighted by atomic mass is 16.1. The van der Waals surface area contributed by atoms with Crippen LogP contribution in [-0.4, -0.2) is 5.78 Å². The number of carbonyl (C=O) groups excluding carboxylic acids is 1. The zero-order valence-electron chi connectivity index (χ0n) is 46.6. The molecule has 9 rings (SSSR count). The molecule has 70 heavy (non-hydrogen) atoms. The molecule has 0 aliphatic heterocycles. The van der Waals surface area contributed by atoms with Crippen molar-refractivity contribution in [2.75, 3.05) is 0 Å². The van der Waals surface area contributed by atoms with Crippen LogP contribution in [0, 0.1) is 0 Å². The normalized spacial score (nSPS) is 20.1. The number of hydrogen-bond acceptors (Lipinski definition) is 1. The van der Waals surface area contributed by atoms with E-state index in [9.17, 15) is 4.79 Å². The molecule has 382 valence electrons. The van der Waals surface area contributed by atoms with E-state index in [2.05, 4.69) is 176 Å². The molecule has 0 heterocycles. The Labute approximate surface area is 432 Å². The van der Waals surface area contributed by atoms with Gasteiger partial charge >= 0.3 is 0 Å². The summed E-state index contributed by atoms with van der Waals surface area (Å²) < 4.78 is 0. The summed E-state index contributed by atoms with van der Waals surface area (Å²) in [7, 11) is 0. The smallest absolute Gasteiger partial charge is 0.133 e. The van der Waals surface area contributed by atoms with Crippen LogP contribution in [0.5, 0.6) is 0 Å². The van der Waals surface area contributed by atoms with Crippen LogP contribution in [0.3, 0.4) is 0 Å². The third-order valence-corrected chi connectivity index (χ3v) is 13.3. The van der Waals surface area contributed by atoms with Crippen LogP contribution < -0.4 is 0 Å². The largest absolute Gasteiger partial charge is 0.300 e. The van der Waals surface area contributed by atoms with Gasteiger partial charge in [0.25, 0.3) is 0 Å². The standard InChI is InChI=1S/C19H20O.2C19H22.6C2H6/c20-17-12-7-13-18(15-8-3-1-4-9-15)19(14-17)16-10-5-2-6-11-16;2*1-4-10-16(11-5-1)18-14-8-3-9-15-19(18)17-12-6-2-7-13-17;6*1-2/h1-6,8-11,18-19H,7,12-14H2;2*1-2,4-7,10-13,18-19H,3,8-9,14-15H2;6*1-2H3. The molecule has 6 aromatic rings. The van der Waals surface area contributed by atoms with Crippen LogP contribution in [0.2, 0.25) is 0 Å². The van der Waals surface area contributed by atoms with Gasteiger partial charge in [-0.15, -0.1) is 0 Å². The summed E-state index contributed by atoms with van der Waals surface area (Å²) in [5.74, 6) is 4.00. The van der Waals surface area contributed by atoms with Crippen molar-refractivity contribution in [1.29, 1.82) is 0 Å². The quantitative estimate of drug-likeness (QED) is 0.152. The fourth-order valence-electron chi connectivity index (χ4n) is 10.4. The van der Waals surface area contributed by atoms with E-state index < -0.39 is 0 Å². The van der Waals surface area contributed by atoms with Crippen molar-refractivity contribution in [3.8, 4) is 0 Å². The summed E-state index contributed by atoms with van der Waals surface area (Å²) in [6, 6.07) is 65.6. The van der Waals surface area contributed by atoms with Gasteiger partial charge in [-0.05, 0) is 107 Å². The molecule has 3 saturated carbocycles. The van der Waals surface area contributed by atoms with E-state index in [-0.39, 0.29) is 0 Å². The van der Waals surface area contributed by atoms with Crippen molar-refractivity contribution in [3.05, 3.63) is 215 Å². The Morgan fingerprint density at radius 2 is 0.429 bits per heavy atom. The first-order valence-electron chi connectivity index (χ1n) is 28.6. The van der Waals surface area contributed by atoms with Gasteiger partial charge in [-0.3, -0.25) is 4.79 Å². The van der Waals surface area contributed by atoms with Crippen molar-refractivity contribution in [2.24, 2.45) is 0 Å². The Kier molecular flexibility index (Phi) is 37.6. The van der Waals surface area contributed by atoms with Crippen molar-refractivity contribution >= 4 is 5.78 Å². The lowest BCUT2D eigenvalue weighted by molar-refractivity contribution is -0.119. The van der Waals surface area contributed by atoms with Crippen LogP contribution in [-0.2, 0) is 4.79 Å². The van der Waals surface area contributed by atoms with E-state index in [4.69, 9.17) is 0 Å². The van der Waals surface area contributed by atoms with Gasteiger partial charge in [0.15, 0.2) is 0 Å². The molecule has 6 aromatic carbocycles. The van der Waals surface area contributed by atoms with Crippen molar-refractivity contribution in [3.63, 3.8) is 0 Å². The first-order valence-corrected chi connectivity index (χ1v) is 28.6. The Hall–Kier alpha value is -5.01. The monoisotopic (exact) mass is 945 g/mol. The minimum absolute atomic E-state index is 0.327. The molecule has 0 aromatic heterocycles. The highest BCUT2D eigenvalue weighted by molar-refractivity contribution is 5.79. The van der Waals surface area contributed by atoms with E-state index >= 15 is 0 Å². The molecule has 0 bridgehead atoms. The third kappa shape index (κ3) is 22.0. The van der Waals surface area contributed by atoms with Gasteiger partial charge in [0.2, 0.25) is 0 Å². The molecule has 1 nitrogen and oxygen atoms in total. The Morgan fingerprint density at radius 1 is 0.243 bits per heavy atom. The number of rotatable bonds is 6. The van der Waals surface area contributed by atoms with Gasteiger partial charge in [-0.25, -0.2) is 0 Å². The zero-order chi connectivity index (χ0) is 51.6. The van der Waals surface area contributed by atoms with E-state index in [0.29, 0.717) is 47.7 Å². The van der Waals surface area contributed by atoms with Crippen molar-refractivity contribution in [2.45, 2.75) is 208 Å². The first kappa shape index (κ1) is 63.0. The molecule has 0 radical (unpaired) electrons. The second-order valence-corrected chi connectivity index (χ2v) is 17.0. The SMILES string of the molecule is CC.CC.CC.CC.CC.CC.O=C1CCCC(c2ccccc2)C(c2ccccc2)C1.c1ccc(C2CCCCCC2c2ccccc2)cc1.c1ccc(C2CCCCCC2c2ccccc2)cc1. The Bertz CT molecular complexity index is 1820. The molecule has 1 heteroatoms. The van der Waals surface area contributed by atoms with Gasteiger partial charge in [-0.1, -0.05) is 304 Å². The number of Topliss-reactive ketones (excluding diaryl/α,β-unsaturated/α-hetero) is 1. The highest BCUT2D eigenvalue weighted by Gasteiger charge is 2.30. The summed E-state index contributed by atoms with van der Waals surface area (Å²) >= 11 is 0.